The monoisotopic (exact) mass is 395 g/mol. The Morgan fingerprint density at radius 3 is 2.57 bits per heavy atom. The van der Waals surface area contributed by atoms with E-state index in [4.69, 9.17) is 4.74 Å². The highest BCUT2D eigenvalue weighted by molar-refractivity contribution is 5.97. The molecule has 0 aromatic heterocycles. The number of ether oxygens (including phenoxy) is 1. The van der Waals surface area contributed by atoms with Crippen LogP contribution in [-0.4, -0.2) is 60.0 Å². The van der Waals surface area contributed by atoms with Crippen molar-refractivity contribution in [3.05, 3.63) is 29.8 Å². The van der Waals surface area contributed by atoms with E-state index >= 15 is 0 Å². The molecule has 2 fully saturated rings. The number of likely N-dealkylation sites (tertiary alicyclic amines) is 2. The van der Waals surface area contributed by atoms with Gasteiger partial charge in [0.15, 0.2) is 11.6 Å². The molecule has 0 saturated carbocycles. The Balaban J connectivity index is 1.54. The number of hydrogen-bond acceptors (Lipinski definition) is 4. The normalized spacial score (nSPS) is 20.4. The van der Waals surface area contributed by atoms with E-state index in [1.165, 1.54) is 6.07 Å². The molecule has 28 heavy (non-hydrogen) atoms. The standard InChI is InChI=1S/C19H23F2N3O4/c1-2-28-19(27)23-7-5-14(6-8-23)24-11-12(9-17(24)25)18(26)22-13-3-4-15(20)16(21)10-13/h3-4,10,12,14H,2,5-9,11H2,1H3,(H,22,26). The van der Waals surface area contributed by atoms with Crippen LogP contribution in [-0.2, 0) is 14.3 Å². The first kappa shape index (κ1) is 20.0. The van der Waals surface area contributed by atoms with E-state index in [0.29, 0.717) is 32.5 Å². The minimum absolute atomic E-state index is 0.0285. The molecule has 2 heterocycles. The van der Waals surface area contributed by atoms with Gasteiger partial charge in [0, 0.05) is 43.9 Å². The van der Waals surface area contributed by atoms with Gasteiger partial charge in [-0.25, -0.2) is 13.6 Å². The molecule has 1 unspecified atom stereocenters. The molecule has 0 radical (unpaired) electrons. The summed E-state index contributed by atoms with van der Waals surface area (Å²) >= 11 is 0. The van der Waals surface area contributed by atoms with Gasteiger partial charge in [-0.15, -0.1) is 0 Å². The Hall–Kier alpha value is -2.71. The molecular formula is C19H23F2N3O4. The molecule has 0 aliphatic carbocycles. The highest BCUT2D eigenvalue weighted by Crippen LogP contribution is 2.27. The van der Waals surface area contributed by atoms with Gasteiger partial charge in [-0.05, 0) is 31.9 Å². The van der Waals surface area contributed by atoms with Gasteiger partial charge >= 0.3 is 6.09 Å². The Labute approximate surface area is 161 Å². The van der Waals surface area contributed by atoms with Crippen molar-refractivity contribution in [1.29, 1.82) is 0 Å². The molecule has 1 aromatic rings. The number of piperidine rings is 1. The predicted molar refractivity (Wildman–Crippen MR) is 96.4 cm³/mol. The summed E-state index contributed by atoms with van der Waals surface area (Å²) in [7, 11) is 0. The van der Waals surface area contributed by atoms with Gasteiger partial charge in [0.05, 0.1) is 12.5 Å². The van der Waals surface area contributed by atoms with Crippen LogP contribution in [0.3, 0.4) is 0 Å². The molecule has 9 heteroatoms. The number of anilines is 1. The van der Waals surface area contributed by atoms with Gasteiger partial charge < -0.3 is 19.9 Å². The van der Waals surface area contributed by atoms with E-state index in [1.54, 1.807) is 16.7 Å². The quantitative estimate of drug-likeness (QED) is 0.849. The van der Waals surface area contributed by atoms with Crippen LogP contribution < -0.4 is 5.32 Å². The zero-order valence-corrected chi connectivity index (χ0v) is 15.6. The summed E-state index contributed by atoms with van der Waals surface area (Å²) in [5.74, 6) is -3.10. The Bertz CT molecular complexity index is 766. The number of carbonyl (C=O) groups excluding carboxylic acids is 3. The van der Waals surface area contributed by atoms with Gasteiger partial charge in [-0.3, -0.25) is 9.59 Å². The lowest BCUT2D eigenvalue weighted by Gasteiger charge is -2.36. The zero-order chi connectivity index (χ0) is 20.3. The molecule has 2 aliphatic rings. The first-order chi connectivity index (χ1) is 13.4. The van der Waals surface area contributed by atoms with Crippen LogP contribution in [0.4, 0.5) is 19.3 Å². The lowest BCUT2D eigenvalue weighted by atomic mass is 10.0. The summed E-state index contributed by atoms with van der Waals surface area (Å²) in [5, 5.41) is 2.54. The third kappa shape index (κ3) is 4.40. The largest absolute Gasteiger partial charge is 0.450 e. The van der Waals surface area contributed by atoms with E-state index in [2.05, 4.69) is 5.32 Å². The summed E-state index contributed by atoms with van der Waals surface area (Å²) in [4.78, 5) is 39.9. The molecule has 2 aliphatic heterocycles. The van der Waals surface area contributed by atoms with Crippen LogP contribution in [0, 0.1) is 17.6 Å². The van der Waals surface area contributed by atoms with Crippen molar-refractivity contribution in [2.45, 2.75) is 32.2 Å². The van der Waals surface area contributed by atoms with Crippen molar-refractivity contribution in [2.24, 2.45) is 5.92 Å². The van der Waals surface area contributed by atoms with Crippen LogP contribution in [0.15, 0.2) is 18.2 Å². The highest BCUT2D eigenvalue weighted by Gasteiger charge is 2.39. The fraction of sp³-hybridized carbons (Fsp3) is 0.526. The van der Waals surface area contributed by atoms with Gasteiger partial charge in [0.2, 0.25) is 11.8 Å². The van der Waals surface area contributed by atoms with Crippen molar-refractivity contribution in [3.63, 3.8) is 0 Å². The molecule has 152 valence electrons. The van der Waals surface area contributed by atoms with E-state index in [0.717, 1.165) is 12.1 Å². The summed E-state index contributed by atoms with van der Waals surface area (Å²) < 4.78 is 31.3. The maximum atomic E-state index is 13.3. The lowest BCUT2D eigenvalue weighted by Crippen LogP contribution is -2.47. The maximum absolute atomic E-state index is 13.3. The lowest BCUT2D eigenvalue weighted by molar-refractivity contribution is -0.130. The molecule has 3 amide bonds. The number of halogens is 2. The molecule has 1 N–H and O–H groups in total. The molecule has 3 rings (SSSR count). The zero-order valence-electron chi connectivity index (χ0n) is 15.6. The van der Waals surface area contributed by atoms with Crippen LogP contribution in [0.1, 0.15) is 26.2 Å². The third-order valence-corrected chi connectivity index (χ3v) is 5.15. The summed E-state index contributed by atoms with van der Waals surface area (Å²) in [6, 6.07) is 3.09. The second kappa shape index (κ2) is 8.53. The number of benzene rings is 1. The van der Waals surface area contributed by atoms with Crippen molar-refractivity contribution in [3.8, 4) is 0 Å². The highest BCUT2D eigenvalue weighted by atomic mass is 19.2. The predicted octanol–water partition coefficient (Wildman–Crippen LogP) is 2.37. The second-order valence-electron chi connectivity index (χ2n) is 6.98. The molecule has 1 aromatic carbocycles. The van der Waals surface area contributed by atoms with Gasteiger partial charge in [-0.2, -0.15) is 0 Å². The SMILES string of the molecule is CCOC(=O)N1CCC(N2CC(C(=O)Nc3ccc(F)c(F)c3)CC2=O)CC1. The maximum Gasteiger partial charge on any atom is 0.409 e. The van der Waals surface area contributed by atoms with Crippen molar-refractivity contribution in [2.75, 3.05) is 31.6 Å². The van der Waals surface area contributed by atoms with Crippen LogP contribution >= 0.6 is 0 Å². The number of hydrogen-bond donors (Lipinski definition) is 1. The summed E-state index contributed by atoms with van der Waals surface area (Å²) in [6.07, 6.45) is 0.982. The Morgan fingerprint density at radius 2 is 1.93 bits per heavy atom. The second-order valence-corrected chi connectivity index (χ2v) is 6.98. The molecule has 7 nitrogen and oxygen atoms in total. The first-order valence-electron chi connectivity index (χ1n) is 9.36. The molecule has 0 spiro atoms. The fourth-order valence-corrected chi connectivity index (χ4v) is 3.65. The minimum Gasteiger partial charge on any atom is -0.450 e. The Kier molecular flexibility index (Phi) is 6.11. The molecule has 2 saturated heterocycles. The van der Waals surface area contributed by atoms with Crippen LogP contribution in [0.5, 0.6) is 0 Å². The van der Waals surface area contributed by atoms with Gasteiger partial charge in [0.1, 0.15) is 0 Å². The topological polar surface area (TPSA) is 79.0 Å². The number of nitrogens with one attached hydrogen (secondary N) is 1. The van der Waals surface area contributed by atoms with Crippen LogP contribution in [0.25, 0.3) is 0 Å². The number of carbonyl (C=O) groups is 3. The Morgan fingerprint density at radius 1 is 1.21 bits per heavy atom. The van der Waals surface area contributed by atoms with Crippen LogP contribution in [0.2, 0.25) is 0 Å². The minimum atomic E-state index is -1.05. The van der Waals surface area contributed by atoms with E-state index < -0.39 is 23.5 Å². The molecular weight excluding hydrogens is 372 g/mol. The number of amides is 3. The van der Waals surface area contributed by atoms with Crippen molar-refractivity contribution >= 4 is 23.6 Å². The average molecular weight is 395 g/mol. The third-order valence-electron chi connectivity index (χ3n) is 5.15. The fourth-order valence-electron chi connectivity index (χ4n) is 3.65. The average Bonchev–Trinajstić information content (AvgIpc) is 3.07. The molecule has 1 atom stereocenters. The number of rotatable bonds is 4. The smallest absolute Gasteiger partial charge is 0.409 e. The van der Waals surface area contributed by atoms with E-state index in [9.17, 15) is 23.2 Å². The first-order valence-corrected chi connectivity index (χ1v) is 9.36. The van der Waals surface area contributed by atoms with Crippen molar-refractivity contribution < 1.29 is 27.9 Å². The summed E-state index contributed by atoms with van der Waals surface area (Å²) in [5.41, 5.74) is 0.151. The van der Waals surface area contributed by atoms with Crippen molar-refractivity contribution in [1.82, 2.24) is 9.80 Å². The molecule has 0 bridgehead atoms. The van der Waals surface area contributed by atoms with E-state index in [-0.39, 0.29) is 36.7 Å². The number of nitrogens with zero attached hydrogens (tertiary/aromatic N) is 2. The van der Waals surface area contributed by atoms with Gasteiger partial charge in [0.25, 0.3) is 0 Å². The summed E-state index contributed by atoms with van der Waals surface area (Å²) in [6.45, 7) is 3.34. The van der Waals surface area contributed by atoms with E-state index in [1.807, 2.05) is 0 Å². The van der Waals surface area contributed by atoms with Gasteiger partial charge in [-0.1, -0.05) is 0 Å².